The topological polar surface area (TPSA) is 66.9 Å². The van der Waals surface area contributed by atoms with Crippen molar-refractivity contribution in [3.8, 4) is 10.6 Å². The van der Waals surface area contributed by atoms with Crippen LogP contribution in [0.2, 0.25) is 0 Å². The molecule has 0 saturated carbocycles. The van der Waals surface area contributed by atoms with Crippen LogP contribution < -0.4 is 10.6 Å². The number of anilines is 1. The number of carbonyl (C=O) groups excluding carboxylic acids is 1. The van der Waals surface area contributed by atoms with Crippen molar-refractivity contribution in [1.82, 2.24) is 15.3 Å². The van der Waals surface area contributed by atoms with E-state index in [2.05, 4.69) is 20.6 Å². The summed E-state index contributed by atoms with van der Waals surface area (Å²) >= 11 is 1.61. The maximum Gasteiger partial charge on any atom is 0.319 e. The van der Waals surface area contributed by atoms with Crippen molar-refractivity contribution in [3.05, 3.63) is 78.6 Å². The smallest absolute Gasteiger partial charge is 0.319 e. The molecule has 0 fully saturated rings. The summed E-state index contributed by atoms with van der Waals surface area (Å²) < 4.78 is 1.12. The number of hydrogen-bond acceptors (Lipinski definition) is 4. The molecule has 2 aromatic heterocycles. The van der Waals surface area contributed by atoms with E-state index in [0.29, 0.717) is 6.54 Å². The number of amides is 2. The van der Waals surface area contributed by atoms with Gasteiger partial charge in [0.05, 0.1) is 28.1 Å². The summed E-state index contributed by atoms with van der Waals surface area (Å²) in [6, 6.07) is 21.0. The van der Waals surface area contributed by atoms with Gasteiger partial charge in [-0.25, -0.2) is 9.78 Å². The van der Waals surface area contributed by atoms with E-state index in [9.17, 15) is 4.79 Å². The van der Waals surface area contributed by atoms with Gasteiger partial charge in [0.15, 0.2) is 0 Å². The Morgan fingerprint density at radius 2 is 1.77 bits per heavy atom. The van der Waals surface area contributed by atoms with Gasteiger partial charge in [-0.15, -0.1) is 11.3 Å². The van der Waals surface area contributed by atoms with Gasteiger partial charge in [0.1, 0.15) is 5.01 Å². The summed E-state index contributed by atoms with van der Waals surface area (Å²) in [6.07, 6.45) is 1.71. The second kappa shape index (κ2) is 7.33. The van der Waals surface area contributed by atoms with Gasteiger partial charge < -0.3 is 10.6 Å². The van der Waals surface area contributed by atoms with E-state index in [1.54, 1.807) is 17.5 Å². The third-order valence-electron chi connectivity index (χ3n) is 3.86. The number of aromatic nitrogens is 2. The molecule has 4 rings (SSSR count). The van der Waals surface area contributed by atoms with Gasteiger partial charge in [0.25, 0.3) is 0 Å². The molecule has 0 unspecified atom stereocenters. The first-order valence-corrected chi connectivity index (χ1v) is 9.01. The molecule has 2 amide bonds. The fraction of sp³-hybridized carbons (Fsp3) is 0.0500. The summed E-state index contributed by atoms with van der Waals surface area (Å²) in [4.78, 5) is 21.2. The molecule has 2 N–H and O–H groups in total. The van der Waals surface area contributed by atoms with Crippen molar-refractivity contribution in [2.45, 2.75) is 6.54 Å². The van der Waals surface area contributed by atoms with Gasteiger partial charge >= 0.3 is 6.03 Å². The van der Waals surface area contributed by atoms with E-state index in [0.717, 1.165) is 32.2 Å². The lowest BCUT2D eigenvalue weighted by atomic mass is 10.2. The highest BCUT2D eigenvalue weighted by atomic mass is 32.1. The van der Waals surface area contributed by atoms with Crippen LogP contribution in [0.15, 0.2) is 72.9 Å². The van der Waals surface area contributed by atoms with Crippen molar-refractivity contribution >= 4 is 33.3 Å². The van der Waals surface area contributed by atoms with Gasteiger partial charge in [0, 0.05) is 11.8 Å². The number of nitrogens with one attached hydrogen (secondary N) is 2. The first kappa shape index (κ1) is 16.2. The summed E-state index contributed by atoms with van der Waals surface area (Å²) in [5, 5.41) is 6.62. The molecule has 4 aromatic rings. The minimum absolute atomic E-state index is 0.274. The number of para-hydroxylation sites is 2. The molecule has 6 heteroatoms. The first-order valence-electron chi connectivity index (χ1n) is 8.19. The molecule has 2 heterocycles. The van der Waals surface area contributed by atoms with Crippen molar-refractivity contribution < 1.29 is 4.79 Å². The van der Waals surface area contributed by atoms with Crippen molar-refractivity contribution in [2.24, 2.45) is 0 Å². The van der Waals surface area contributed by atoms with Crippen LogP contribution in [0.4, 0.5) is 10.5 Å². The highest BCUT2D eigenvalue weighted by Crippen LogP contribution is 2.34. The van der Waals surface area contributed by atoms with Crippen LogP contribution in [0.5, 0.6) is 0 Å². The third-order valence-corrected chi connectivity index (χ3v) is 4.93. The molecule has 0 saturated heterocycles. The monoisotopic (exact) mass is 360 g/mol. The van der Waals surface area contributed by atoms with Crippen LogP contribution in [0.3, 0.4) is 0 Å². The molecule has 128 valence electrons. The van der Waals surface area contributed by atoms with Gasteiger partial charge in [-0.1, -0.05) is 30.3 Å². The number of benzene rings is 2. The number of urea groups is 1. The predicted octanol–water partition coefficient (Wildman–Crippen LogP) is 4.68. The minimum atomic E-state index is -0.274. The summed E-state index contributed by atoms with van der Waals surface area (Å²) in [5.74, 6) is 0. The lowest BCUT2D eigenvalue weighted by molar-refractivity contribution is 0.251. The molecule has 0 bridgehead atoms. The average Bonchev–Trinajstić information content (AvgIpc) is 3.12. The Morgan fingerprint density at radius 1 is 0.962 bits per heavy atom. The lowest BCUT2D eigenvalue weighted by Gasteiger charge is -2.10. The molecule has 0 aliphatic carbocycles. The maximum absolute atomic E-state index is 12.3. The molecule has 0 atom stereocenters. The van der Waals surface area contributed by atoms with E-state index in [-0.39, 0.29) is 6.03 Å². The number of pyridine rings is 1. The van der Waals surface area contributed by atoms with E-state index < -0.39 is 0 Å². The van der Waals surface area contributed by atoms with Gasteiger partial charge in [-0.3, -0.25) is 4.98 Å². The minimum Gasteiger partial charge on any atom is -0.332 e. The number of nitrogens with zero attached hydrogens (tertiary/aromatic N) is 2. The Labute approximate surface area is 154 Å². The molecular formula is C20H16N4OS. The number of fused-ring (bicyclic) bond motifs is 1. The molecule has 2 aromatic carbocycles. The van der Waals surface area contributed by atoms with Crippen LogP contribution in [0.25, 0.3) is 20.8 Å². The van der Waals surface area contributed by atoms with E-state index in [4.69, 9.17) is 0 Å². The van der Waals surface area contributed by atoms with Gasteiger partial charge in [-0.2, -0.15) is 0 Å². The zero-order valence-electron chi connectivity index (χ0n) is 13.8. The number of rotatable bonds is 4. The first-order chi connectivity index (χ1) is 12.8. The third kappa shape index (κ3) is 3.55. The molecular weight excluding hydrogens is 344 g/mol. The number of thiazole rings is 1. The van der Waals surface area contributed by atoms with Crippen LogP contribution in [0.1, 0.15) is 5.69 Å². The maximum atomic E-state index is 12.3. The Hall–Kier alpha value is -3.25. The second-order valence-corrected chi connectivity index (χ2v) is 6.69. The Balaban J connectivity index is 1.53. The van der Waals surface area contributed by atoms with Crippen LogP contribution in [-0.2, 0) is 6.54 Å². The number of hydrogen-bond donors (Lipinski definition) is 2. The fourth-order valence-electron chi connectivity index (χ4n) is 2.61. The molecule has 0 spiro atoms. The van der Waals surface area contributed by atoms with E-state index in [1.807, 2.05) is 66.7 Å². The van der Waals surface area contributed by atoms with E-state index >= 15 is 0 Å². The second-order valence-electron chi connectivity index (χ2n) is 5.66. The standard InChI is InChI=1S/C20H16N4OS/c25-20(22-13-14-7-5-6-12-21-14)24-16-9-2-1-8-15(16)19-23-17-10-3-4-11-18(17)26-19/h1-12H,13H2,(H2,22,24,25). The van der Waals surface area contributed by atoms with Crippen molar-refractivity contribution in [2.75, 3.05) is 5.32 Å². The number of carbonyl (C=O) groups is 1. The van der Waals surface area contributed by atoms with E-state index in [1.165, 1.54) is 0 Å². The van der Waals surface area contributed by atoms with Crippen molar-refractivity contribution in [1.29, 1.82) is 0 Å². The Bertz CT molecular complexity index is 1010. The SMILES string of the molecule is O=C(NCc1ccccn1)Nc1ccccc1-c1nc2ccccc2s1. The fourth-order valence-corrected chi connectivity index (χ4v) is 3.61. The zero-order valence-corrected chi connectivity index (χ0v) is 14.7. The average molecular weight is 360 g/mol. The molecule has 0 aliphatic rings. The predicted molar refractivity (Wildman–Crippen MR) is 105 cm³/mol. The van der Waals surface area contributed by atoms with Crippen molar-refractivity contribution in [3.63, 3.8) is 0 Å². The summed E-state index contributed by atoms with van der Waals surface area (Å²) in [6.45, 7) is 0.371. The highest BCUT2D eigenvalue weighted by molar-refractivity contribution is 7.21. The molecule has 26 heavy (non-hydrogen) atoms. The molecule has 5 nitrogen and oxygen atoms in total. The summed E-state index contributed by atoms with van der Waals surface area (Å²) in [7, 11) is 0. The Kier molecular flexibility index (Phi) is 4.57. The molecule has 0 aliphatic heterocycles. The lowest BCUT2D eigenvalue weighted by Crippen LogP contribution is -2.28. The normalized spacial score (nSPS) is 10.6. The van der Waals surface area contributed by atoms with Crippen LogP contribution in [0, 0.1) is 0 Å². The largest absolute Gasteiger partial charge is 0.332 e. The Morgan fingerprint density at radius 3 is 2.62 bits per heavy atom. The quantitative estimate of drug-likeness (QED) is 0.555. The zero-order chi connectivity index (χ0) is 17.8. The molecule has 0 radical (unpaired) electrons. The van der Waals surface area contributed by atoms with Gasteiger partial charge in [0.2, 0.25) is 0 Å². The summed E-state index contributed by atoms with van der Waals surface area (Å²) in [5.41, 5.74) is 3.40. The van der Waals surface area contributed by atoms with Crippen LogP contribution in [-0.4, -0.2) is 16.0 Å². The van der Waals surface area contributed by atoms with Gasteiger partial charge in [-0.05, 0) is 36.4 Å². The van der Waals surface area contributed by atoms with Crippen LogP contribution >= 0.6 is 11.3 Å². The highest BCUT2D eigenvalue weighted by Gasteiger charge is 2.12.